The van der Waals surface area contributed by atoms with Crippen LogP contribution >= 0.6 is 22.9 Å². The van der Waals surface area contributed by atoms with E-state index in [0.717, 1.165) is 52.2 Å². The fraction of sp³-hybridized carbons (Fsp3) is 0.222. The molecular formula is C27H24ClN7OS. The number of thiophene rings is 1. The Morgan fingerprint density at radius 3 is 2.57 bits per heavy atom. The summed E-state index contributed by atoms with van der Waals surface area (Å²) in [4.78, 5) is 21.1. The van der Waals surface area contributed by atoms with E-state index in [9.17, 15) is 4.79 Å². The fourth-order valence-corrected chi connectivity index (χ4v) is 6.39. The van der Waals surface area contributed by atoms with Crippen LogP contribution in [0.2, 0.25) is 5.02 Å². The third-order valence-electron chi connectivity index (χ3n) is 6.80. The van der Waals surface area contributed by atoms with Gasteiger partial charge in [0.05, 0.1) is 27.8 Å². The number of hydrogen-bond acceptors (Lipinski definition) is 6. The zero-order chi connectivity index (χ0) is 25.5. The van der Waals surface area contributed by atoms with Crippen LogP contribution in [-0.2, 0) is 19.4 Å². The first kappa shape index (κ1) is 23.6. The molecule has 3 aromatic heterocycles. The average Bonchev–Trinajstić information content (AvgIpc) is 3.52. The number of carbonyl (C=O) groups excluding carboxylic acids is 1. The number of aromatic nitrogens is 3. The topological polar surface area (TPSA) is 111 Å². The molecule has 10 heteroatoms. The van der Waals surface area contributed by atoms with Gasteiger partial charge in [-0.2, -0.15) is 5.10 Å². The van der Waals surface area contributed by atoms with Crippen LogP contribution in [-0.4, -0.2) is 49.8 Å². The normalized spacial score (nSPS) is 15.1. The zero-order valence-corrected chi connectivity index (χ0v) is 21.4. The van der Waals surface area contributed by atoms with Gasteiger partial charge in [0, 0.05) is 47.1 Å². The molecule has 8 nitrogen and oxygen atoms in total. The van der Waals surface area contributed by atoms with Gasteiger partial charge in [0.25, 0.3) is 5.91 Å². The second-order valence-electron chi connectivity index (χ2n) is 9.20. The third-order valence-corrected chi connectivity index (χ3v) is 8.27. The smallest absolute Gasteiger partial charge is 0.261 e. The van der Waals surface area contributed by atoms with Crippen LogP contribution in [0.15, 0.2) is 61.1 Å². The van der Waals surface area contributed by atoms with Gasteiger partial charge in [0.15, 0.2) is 0 Å². The summed E-state index contributed by atoms with van der Waals surface area (Å²) >= 11 is 7.95. The lowest BCUT2D eigenvalue weighted by molar-refractivity contribution is 0.0938. The van der Waals surface area contributed by atoms with Crippen molar-refractivity contribution in [2.24, 2.45) is 0 Å². The molecule has 1 atom stereocenters. The van der Waals surface area contributed by atoms with Crippen LogP contribution in [0.3, 0.4) is 0 Å². The zero-order valence-electron chi connectivity index (χ0n) is 19.9. The molecule has 0 bridgehead atoms. The van der Waals surface area contributed by atoms with Crippen molar-refractivity contribution in [3.63, 3.8) is 0 Å². The molecule has 0 unspecified atom stereocenters. The van der Waals surface area contributed by atoms with Crippen molar-refractivity contribution in [3.05, 3.63) is 92.5 Å². The van der Waals surface area contributed by atoms with E-state index in [1.807, 2.05) is 47.1 Å². The SMILES string of the molecule is N=C1c2ccccc2C(=N)N1C[C@H](Cc1ccncc1)NC(=O)c1cc2c(s1)CCCn1ncc(Cl)c1-2. The summed E-state index contributed by atoms with van der Waals surface area (Å²) in [6.45, 7) is 1.11. The highest BCUT2D eigenvalue weighted by molar-refractivity contribution is 7.14. The largest absolute Gasteiger partial charge is 0.346 e. The summed E-state index contributed by atoms with van der Waals surface area (Å²) in [6.07, 6.45) is 7.47. The van der Waals surface area contributed by atoms with Gasteiger partial charge >= 0.3 is 0 Å². The first-order valence-corrected chi connectivity index (χ1v) is 13.3. The van der Waals surface area contributed by atoms with Crippen LogP contribution in [0.1, 0.15) is 37.7 Å². The highest BCUT2D eigenvalue weighted by Gasteiger charge is 2.32. The molecular weight excluding hydrogens is 506 g/mol. The Hall–Kier alpha value is -3.82. The molecule has 186 valence electrons. The number of amides is 1. The average molecular weight is 530 g/mol. The Morgan fingerprint density at radius 2 is 1.84 bits per heavy atom. The van der Waals surface area contributed by atoms with E-state index in [2.05, 4.69) is 15.4 Å². The van der Waals surface area contributed by atoms with Gasteiger partial charge in [-0.05, 0) is 43.0 Å². The van der Waals surface area contributed by atoms with Crippen molar-refractivity contribution in [1.29, 1.82) is 10.8 Å². The first-order valence-electron chi connectivity index (χ1n) is 12.1. The number of carbonyl (C=O) groups is 1. The Morgan fingerprint density at radius 1 is 1.11 bits per heavy atom. The molecule has 0 spiro atoms. The summed E-state index contributed by atoms with van der Waals surface area (Å²) < 4.78 is 1.91. The van der Waals surface area contributed by atoms with Crippen LogP contribution in [0, 0.1) is 10.8 Å². The minimum atomic E-state index is -0.332. The molecule has 3 N–H and O–H groups in total. The number of fused-ring (bicyclic) bond motifs is 4. The van der Waals surface area contributed by atoms with Gasteiger partial charge in [-0.25, -0.2) is 0 Å². The summed E-state index contributed by atoms with van der Waals surface area (Å²) in [7, 11) is 0. The Labute approximate surface area is 222 Å². The van der Waals surface area contributed by atoms with E-state index in [4.69, 9.17) is 22.4 Å². The second-order valence-corrected chi connectivity index (χ2v) is 10.7. The van der Waals surface area contributed by atoms with E-state index >= 15 is 0 Å². The van der Waals surface area contributed by atoms with Crippen LogP contribution in [0.25, 0.3) is 11.3 Å². The molecule has 1 amide bonds. The van der Waals surface area contributed by atoms with Crippen molar-refractivity contribution in [2.75, 3.05) is 6.54 Å². The van der Waals surface area contributed by atoms with Crippen molar-refractivity contribution < 1.29 is 4.79 Å². The number of amidine groups is 2. The summed E-state index contributed by atoms with van der Waals surface area (Å²) in [5.74, 6) is 0.384. The van der Waals surface area contributed by atoms with Gasteiger partial charge in [-0.3, -0.25) is 25.3 Å². The van der Waals surface area contributed by atoms with Crippen LogP contribution in [0.5, 0.6) is 0 Å². The molecule has 4 aromatic rings. The Balaban J connectivity index is 1.27. The molecule has 0 saturated carbocycles. The number of hydrogen-bond donors (Lipinski definition) is 3. The maximum absolute atomic E-state index is 13.5. The fourth-order valence-electron chi connectivity index (χ4n) is 5.04. The molecule has 37 heavy (non-hydrogen) atoms. The molecule has 6 rings (SSSR count). The second kappa shape index (κ2) is 9.57. The first-order chi connectivity index (χ1) is 18.0. The molecule has 0 fully saturated rings. The number of benzene rings is 1. The number of nitrogens with zero attached hydrogens (tertiary/aromatic N) is 4. The highest BCUT2D eigenvalue weighted by atomic mass is 35.5. The standard InChI is InChI=1S/C27H24ClN7OS/c28-21-14-32-35-11-3-6-22-20(24(21)35)13-23(37-22)27(36)33-17(12-16-7-9-31-10-8-16)15-34-25(29)18-4-1-2-5-19(18)26(34)30/h1-2,4-5,7-10,13-14,17,29-30H,3,6,11-12,15H2,(H,33,36)/t17-/m0/s1. The highest BCUT2D eigenvalue weighted by Crippen LogP contribution is 2.38. The quantitative estimate of drug-likeness (QED) is 0.338. The predicted octanol–water partition coefficient (Wildman–Crippen LogP) is 4.61. The van der Waals surface area contributed by atoms with Crippen molar-refractivity contribution in [3.8, 4) is 11.3 Å². The van der Waals surface area contributed by atoms with E-state index in [-0.39, 0.29) is 23.6 Å². The van der Waals surface area contributed by atoms with E-state index in [1.54, 1.807) is 23.5 Å². The molecule has 5 heterocycles. The van der Waals surface area contributed by atoms with Crippen molar-refractivity contribution in [1.82, 2.24) is 25.0 Å². The molecule has 0 aliphatic carbocycles. The molecule has 0 saturated heterocycles. The lowest BCUT2D eigenvalue weighted by Crippen LogP contribution is -2.46. The minimum Gasteiger partial charge on any atom is -0.346 e. The monoisotopic (exact) mass is 529 g/mol. The van der Waals surface area contributed by atoms with Gasteiger partial charge < -0.3 is 10.2 Å². The van der Waals surface area contributed by atoms with Crippen molar-refractivity contribution in [2.45, 2.75) is 31.8 Å². The lowest BCUT2D eigenvalue weighted by atomic mass is 10.1. The van der Waals surface area contributed by atoms with Gasteiger partial charge in [-0.15, -0.1) is 11.3 Å². The van der Waals surface area contributed by atoms with E-state index in [0.29, 0.717) is 22.9 Å². The maximum atomic E-state index is 13.5. The number of halogens is 1. The molecule has 2 aliphatic heterocycles. The number of pyridine rings is 1. The van der Waals surface area contributed by atoms with Gasteiger partial charge in [-0.1, -0.05) is 35.9 Å². The Bertz CT molecular complexity index is 1490. The number of nitrogens with one attached hydrogen (secondary N) is 3. The molecule has 0 radical (unpaired) electrons. The van der Waals surface area contributed by atoms with Crippen LogP contribution in [0.4, 0.5) is 0 Å². The molecule has 2 aliphatic rings. The predicted molar refractivity (Wildman–Crippen MR) is 145 cm³/mol. The van der Waals surface area contributed by atoms with Crippen molar-refractivity contribution >= 4 is 40.5 Å². The van der Waals surface area contributed by atoms with Crippen LogP contribution < -0.4 is 5.32 Å². The van der Waals surface area contributed by atoms with Gasteiger partial charge in [0.1, 0.15) is 11.7 Å². The van der Waals surface area contributed by atoms with E-state index in [1.165, 1.54) is 11.3 Å². The van der Waals surface area contributed by atoms with Gasteiger partial charge in [0.2, 0.25) is 0 Å². The minimum absolute atomic E-state index is 0.172. The van der Waals surface area contributed by atoms with E-state index < -0.39 is 0 Å². The lowest BCUT2D eigenvalue weighted by Gasteiger charge is -2.26. The number of rotatable bonds is 6. The number of aryl methyl sites for hydroxylation is 2. The molecule has 1 aromatic carbocycles. The Kier molecular flexibility index (Phi) is 6.10. The maximum Gasteiger partial charge on any atom is 0.261 e. The summed E-state index contributed by atoms with van der Waals surface area (Å²) in [5.41, 5.74) is 4.33. The third kappa shape index (κ3) is 4.34. The summed E-state index contributed by atoms with van der Waals surface area (Å²) in [5, 5.41) is 25.5. The summed E-state index contributed by atoms with van der Waals surface area (Å²) in [6, 6.07) is 12.9.